The van der Waals surface area contributed by atoms with Gasteiger partial charge in [0, 0.05) is 18.3 Å². The van der Waals surface area contributed by atoms with E-state index in [1.54, 1.807) is 13.2 Å². The fraction of sp³-hybridized carbons (Fsp3) is 0.400. The summed E-state index contributed by atoms with van der Waals surface area (Å²) in [6.07, 6.45) is -2.35. The van der Waals surface area contributed by atoms with Crippen LogP contribution >= 0.6 is 0 Å². The number of hydrogen-bond donors (Lipinski definition) is 0. The number of hydrogen-bond acceptors (Lipinski definition) is 2. The summed E-state index contributed by atoms with van der Waals surface area (Å²) in [7, 11) is 1.61. The Labute approximate surface area is 147 Å². The van der Waals surface area contributed by atoms with Crippen LogP contribution in [0.15, 0.2) is 48.5 Å². The second-order valence-corrected chi connectivity index (χ2v) is 6.16. The zero-order chi connectivity index (χ0) is 18.4. The molecule has 0 N–H and O–H groups in total. The summed E-state index contributed by atoms with van der Waals surface area (Å²) in [5.74, 6) is 0.755. The van der Waals surface area contributed by atoms with Crippen molar-refractivity contribution in [2.75, 3.05) is 12.0 Å². The molecule has 0 spiro atoms. The van der Waals surface area contributed by atoms with Crippen LogP contribution in [0.25, 0.3) is 0 Å². The maximum absolute atomic E-state index is 13.0. The van der Waals surface area contributed by atoms with Gasteiger partial charge in [-0.05, 0) is 55.3 Å². The Bertz CT molecular complexity index is 667. The molecule has 0 amide bonds. The minimum atomic E-state index is -4.32. The Balaban J connectivity index is 2.30. The van der Waals surface area contributed by atoms with E-state index in [4.69, 9.17) is 4.74 Å². The summed E-state index contributed by atoms with van der Waals surface area (Å²) < 4.78 is 44.1. The molecule has 25 heavy (non-hydrogen) atoms. The van der Waals surface area contributed by atoms with Gasteiger partial charge in [-0.25, -0.2) is 0 Å². The number of methoxy groups -OCH3 is 1. The van der Waals surface area contributed by atoms with E-state index in [0.29, 0.717) is 12.1 Å². The SMILES string of the molecule is CCCC(C)N(Cc1cccc(C(F)(F)F)c1)c1ccc(OC)cc1. The first-order valence-corrected chi connectivity index (χ1v) is 8.42. The molecule has 0 saturated carbocycles. The van der Waals surface area contributed by atoms with E-state index < -0.39 is 11.7 Å². The summed E-state index contributed by atoms with van der Waals surface area (Å²) in [6.45, 7) is 4.63. The lowest BCUT2D eigenvalue weighted by Gasteiger charge is -2.32. The first-order chi connectivity index (χ1) is 11.8. The van der Waals surface area contributed by atoms with Gasteiger partial charge in [0.1, 0.15) is 5.75 Å². The molecule has 0 heterocycles. The third-order valence-corrected chi connectivity index (χ3v) is 4.25. The number of halogens is 3. The van der Waals surface area contributed by atoms with Crippen molar-refractivity contribution >= 4 is 5.69 Å². The maximum atomic E-state index is 13.0. The Morgan fingerprint density at radius 2 is 1.76 bits per heavy atom. The second-order valence-electron chi connectivity index (χ2n) is 6.16. The molecule has 0 radical (unpaired) electrons. The van der Waals surface area contributed by atoms with Gasteiger partial charge in [0.2, 0.25) is 0 Å². The summed E-state index contributed by atoms with van der Waals surface area (Å²) in [6, 6.07) is 13.4. The molecule has 1 unspecified atom stereocenters. The van der Waals surface area contributed by atoms with Crippen LogP contribution in [0.2, 0.25) is 0 Å². The number of ether oxygens (including phenoxy) is 1. The van der Waals surface area contributed by atoms with Gasteiger partial charge in [0.25, 0.3) is 0 Å². The molecule has 2 aromatic carbocycles. The molecule has 0 fully saturated rings. The van der Waals surface area contributed by atoms with Gasteiger partial charge in [-0.15, -0.1) is 0 Å². The van der Waals surface area contributed by atoms with Crippen LogP contribution in [0.5, 0.6) is 5.75 Å². The molecular weight excluding hydrogens is 327 g/mol. The molecule has 0 aromatic heterocycles. The standard InChI is InChI=1S/C20H24F3NO/c1-4-6-15(2)24(18-9-11-19(25-3)12-10-18)14-16-7-5-8-17(13-16)20(21,22)23/h5,7-13,15H,4,6,14H2,1-3H3. The average Bonchev–Trinajstić information content (AvgIpc) is 2.59. The lowest BCUT2D eigenvalue weighted by atomic mass is 10.1. The zero-order valence-corrected chi connectivity index (χ0v) is 14.8. The van der Waals surface area contributed by atoms with Crippen LogP contribution in [0.3, 0.4) is 0 Å². The molecule has 2 rings (SSSR count). The van der Waals surface area contributed by atoms with E-state index in [9.17, 15) is 13.2 Å². The largest absolute Gasteiger partial charge is 0.497 e. The first kappa shape index (κ1) is 19.2. The summed E-state index contributed by atoms with van der Waals surface area (Å²) in [5.41, 5.74) is 1.01. The molecule has 0 saturated heterocycles. The van der Waals surface area contributed by atoms with Crippen molar-refractivity contribution < 1.29 is 17.9 Å². The smallest absolute Gasteiger partial charge is 0.416 e. The van der Waals surface area contributed by atoms with E-state index in [0.717, 1.165) is 30.3 Å². The number of nitrogens with zero attached hydrogens (tertiary/aromatic N) is 1. The fourth-order valence-electron chi connectivity index (χ4n) is 2.89. The number of anilines is 1. The molecule has 0 aliphatic heterocycles. The van der Waals surface area contributed by atoms with Crippen LogP contribution in [0.4, 0.5) is 18.9 Å². The molecule has 0 aliphatic carbocycles. The van der Waals surface area contributed by atoms with E-state index in [1.165, 1.54) is 12.1 Å². The third kappa shape index (κ3) is 5.15. The van der Waals surface area contributed by atoms with Crippen LogP contribution in [0.1, 0.15) is 37.8 Å². The Morgan fingerprint density at radius 3 is 2.32 bits per heavy atom. The van der Waals surface area contributed by atoms with Gasteiger partial charge in [0.15, 0.2) is 0 Å². The van der Waals surface area contributed by atoms with Gasteiger partial charge in [-0.1, -0.05) is 25.5 Å². The Kier molecular flexibility index (Phi) is 6.34. The summed E-state index contributed by atoms with van der Waals surface area (Å²) in [5, 5.41) is 0. The van der Waals surface area contributed by atoms with Crippen LogP contribution in [-0.4, -0.2) is 13.2 Å². The van der Waals surface area contributed by atoms with Crippen molar-refractivity contribution in [1.82, 2.24) is 0 Å². The van der Waals surface area contributed by atoms with Crippen molar-refractivity contribution in [3.8, 4) is 5.75 Å². The molecule has 136 valence electrons. The van der Waals surface area contributed by atoms with Gasteiger partial charge >= 0.3 is 6.18 Å². The van der Waals surface area contributed by atoms with Crippen molar-refractivity contribution in [2.24, 2.45) is 0 Å². The number of benzene rings is 2. The minimum Gasteiger partial charge on any atom is -0.497 e. The van der Waals surface area contributed by atoms with Crippen LogP contribution in [-0.2, 0) is 12.7 Å². The first-order valence-electron chi connectivity index (χ1n) is 8.42. The van der Waals surface area contributed by atoms with E-state index >= 15 is 0 Å². The average molecular weight is 351 g/mol. The van der Waals surface area contributed by atoms with E-state index in [1.807, 2.05) is 24.3 Å². The van der Waals surface area contributed by atoms with Crippen molar-refractivity contribution in [3.05, 3.63) is 59.7 Å². The summed E-state index contributed by atoms with van der Waals surface area (Å²) in [4.78, 5) is 2.14. The lowest BCUT2D eigenvalue weighted by Crippen LogP contribution is -2.32. The lowest BCUT2D eigenvalue weighted by molar-refractivity contribution is -0.137. The number of rotatable bonds is 7. The van der Waals surface area contributed by atoms with Crippen molar-refractivity contribution in [3.63, 3.8) is 0 Å². The highest BCUT2D eigenvalue weighted by molar-refractivity contribution is 5.50. The quantitative estimate of drug-likeness (QED) is 0.615. The summed E-state index contributed by atoms with van der Waals surface area (Å²) >= 11 is 0. The normalized spacial score (nSPS) is 12.7. The van der Waals surface area contributed by atoms with Crippen molar-refractivity contribution in [1.29, 1.82) is 0 Å². The zero-order valence-electron chi connectivity index (χ0n) is 14.8. The minimum absolute atomic E-state index is 0.216. The highest BCUT2D eigenvalue weighted by Gasteiger charge is 2.30. The highest BCUT2D eigenvalue weighted by Crippen LogP contribution is 2.31. The molecule has 5 heteroatoms. The molecule has 1 atom stereocenters. The predicted octanol–water partition coefficient (Wildman–Crippen LogP) is 5.91. The Hall–Kier alpha value is -2.17. The predicted molar refractivity (Wildman–Crippen MR) is 95.0 cm³/mol. The van der Waals surface area contributed by atoms with Crippen LogP contribution < -0.4 is 9.64 Å². The van der Waals surface area contributed by atoms with Gasteiger partial charge in [-0.3, -0.25) is 0 Å². The van der Waals surface area contributed by atoms with Crippen LogP contribution in [0, 0.1) is 0 Å². The molecule has 0 bridgehead atoms. The van der Waals surface area contributed by atoms with E-state index in [-0.39, 0.29) is 6.04 Å². The van der Waals surface area contributed by atoms with E-state index in [2.05, 4.69) is 18.7 Å². The topological polar surface area (TPSA) is 12.5 Å². The van der Waals surface area contributed by atoms with Gasteiger partial charge in [-0.2, -0.15) is 13.2 Å². The molecule has 2 aromatic rings. The molecule has 2 nitrogen and oxygen atoms in total. The number of alkyl halides is 3. The maximum Gasteiger partial charge on any atom is 0.416 e. The monoisotopic (exact) mass is 351 g/mol. The van der Waals surface area contributed by atoms with Gasteiger partial charge < -0.3 is 9.64 Å². The third-order valence-electron chi connectivity index (χ3n) is 4.25. The second kappa shape index (κ2) is 8.28. The molecular formula is C20H24F3NO. The molecule has 0 aliphatic rings. The fourth-order valence-corrected chi connectivity index (χ4v) is 2.89. The van der Waals surface area contributed by atoms with Crippen molar-refractivity contribution in [2.45, 2.75) is 45.5 Å². The Morgan fingerprint density at radius 1 is 1.08 bits per heavy atom. The highest BCUT2D eigenvalue weighted by atomic mass is 19.4. The van der Waals surface area contributed by atoms with Gasteiger partial charge in [0.05, 0.1) is 12.7 Å².